The number of rotatable bonds is 5. The first-order valence-electron chi connectivity index (χ1n) is 6.26. The molecule has 1 heterocycles. The number of para-hydroxylation sites is 1. The van der Waals surface area contributed by atoms with Crippen molar-refractivity contribution in [2.24, 2.45) is 5.73 Å². The molecule has 0 aliphatic rings. The van der Waals surface area contributed by atoms with E-state index in [-0.39, 0.29) is 0 Å². The van der Waals surface area contributed by atoms with Crippen LogP contribution in [0.25, 0.3) is 0 Å². The Balaban J connectivity index is 2.27. The van der Waals surface area contributed by atoms with E-state index in [1.165, 1.54) is 5.56 Å². The van der Waals surface area contributed by atoms with Gasteiger partial charge in [0.15, 0.2) is 0 Å². The normalized spacial score (nSPS) is 10.3. The van der Waals surface area contributed by atoms with E-state index in [0.717, 1.165) is 24.5 Å². The molecule has 0 aliphatic heterocycles. The summed E-state index contributed by atoms with van der Waals surface area (Å²) in [7, 11) is 0. The number of anilines is 2. The minimum absolute atomic E-state index is 0.690. The van der Waals surface area contributed by atoms with Crippen LogP contribution in [0.3, 0.4) is 0 Å². The van der Waals surface area contributed by atoms with E-state index in [9.17, 15) is 0 Å². The lowest BCUT2D eigenvalue weighted by Gasteiger charge is -2.23. The Labute approximate surface area is 108 Å². The van der Waals surface area contributed by atoms with E-state index in [0.29, 0.717) is 6.54 Å². The van der Waals surface area contributed by atoms with Gasteiger partial charge in [0.05, 0.1) is 0 Å². The van der Waals surface area contributed by atoms with Crippen LogP contribution in [0.2, 0.25) is 0 Å². The van der Waals surface area contributed by atoms with Crippen molar-refractivity contribution < 1.29 is 0 Å². The first-order valence-corrected chi connectivity index (χ1v) is 6.26. The molecular weight excluding hydrogens is 222 g/mol. The molecule has 2 N–H and O–H groups in total. The third kappa shape index (κ3) is 3.08. The molecule has 2 aromatic rings. The van der Waals surface area contributed by atoms with Gasteiger partial charge in [0.2, 0.25) is 0 Å². The highest BCUT2D eigenvalue weighted by molar-refractivity contribution is 5.59. The quantitative estimate of drug-likeness (QED) is 0.875. The van der Waals surface area contributed by atoms with Crippen molar-refractivity contribution in [2.75, 3.05) is 18.0 Å². The van der Waals surface area contributed by atoms with Crippen molar-refractivity contribution in [3.63, 3.8) is 0 Å². The van der Waals surface area contributed by atoms with E-state index in [1.807, 2.05) is 31.3 Å². The van der Waals surface area contributed by atoms with Gasteiger partial charge >= 0.3 is 0 Å². The highest BCUT2D eigenvalue weighted by Crippen LogP contribution is 2.23. The van der Waals surface area contributed by atoms with E-state index in [1.54, 1.807) is 0 Å². The van der Waals surface area contributed by atoms with Gasteiger partial charge < -0.3 is 10.6 Å². The van der Waals surface area contributed by atoms with Crippen LogP contribution in [-0.4, -0.2) is 18.1 Å². The third-order valence-electron chi connectivity index (χ3n) is 2.83. The second kappa shape index (κ2) is 6.17. The SMILES string of the molecule is Cc1ccc(N(CCCN)c2ccccc2)nc1. The average Bonchev–Trinajstić information content (AvgIpc) is 2.42. The summed E-state index contributed by atoms with van der Waals surface area (Å²) in [5, 5.41) is 0. The van der Waals surface area contributed by atoms with E-state index in [2.05, 4.69) is 34.1 Å². The zero-order valence-corrected chi connectivity index (χ0v) is 10.7. The molecule has 0 saturated heterocycles. The van der Waals surface area contributed by atoms with Crippen molar-refractivity contribution >= 4 is 11.5 Å². The van der Waals surface area contributed by atoms with E-state index in [4.69, 9.17) is 5.73 Å². The predicted octanol–water partition coefficient (Wildman–Crippen LogP) is 2.88. The summed E-state index contributed by atoms with van der Waals surface area (Å²) in [6.07, 6.45) is 2.85. The van der Waals surface area contributed by atoms with Crippen LogP contribution in [0, 0.1) is 6.92 Å². The van der Waals surface area contributed by atoms with Crippen LogP contribution >= 0.6 is 0 Å². The molecule has 3 heteroatoms. The Hall–Kier alpha value is -1.87. The second-order valence-corrected chi connectivity index (χ2v) is 4.32. The van der Waals surface area contributed by atoms with Gasteiger partial charge in [0, 0.05) is 18.4 Å². The molecular formula is C15H19N3. The molecule has 0 spiro atoms. The summed E-state index contributed by atoms with van der Waals surface area (Å²) in [5.41, 5.74) is 7.94. The van der Waals surface area contributed by atoms with Crippen molar-refractivity contribution in [3.05, 3.63) is 54.2 Å². The zero-order valence-electron chi connectivity index (χ0n) is 10.7. The van der Waals surface area contributed by atoms with Gasteiger partial charge in [-0.2, -0.15) is 0 Å². The zero-order chi connectivity index (χ0) is 12.8. The molecule has 94 valence electrons. The van der Waals surface area contributed by atoms with Crippen LogP contribution in [0.1, 0.15) is 12.0 Å². The van der Waals surface area contributed by atoms with Crippen LogP contribution in [0.4, 0.5) is 11.5 Å². The monoisotopic (exact) mass is 241 g/mol. The Morgan fingerprint density at radius 2 is 1.89 bits per heavy atom. The Morgan fingerprint density at radius 1 is 1.11 bits per heavy atom. The predicted molar refractivity (Wildman–Crippen MR) is 76.1 cm³/mol. The lowest BCUT2D eigenvalue weighted by atomic mass is 10.2. The molecule has 3 nitrogen and oxygen atoms in total. The largest absolute Gasteiger partial charge is 0.330 e. The maximum atomic E-state index is 5.61. The first-order chi connectivity index (χ1) is 8.81. The molecule has 0 radical (unpaired) electrons. The number of hydrogen-bond acceptors (Lipinski definition) is 3. The van der Waals surface area contributed by atoms with Gasteiger partial charge in [-0.05, 0) is 43.7 Å². The minimum Gasteiger partial charge on any atom is -0.330 e. The number of nitrogens with zero attached hydrogens (tertiary/aromatic N) is 2. The van der Waals surface area contributed by atoms with Crippen LogP contribution in [0.5, 0.6) is 0 Å². The van der Waals surface area contributed by atoms with Gasteiger partial charge in [-0.15, -0.1) is 0 Å². The van der Waals surface area contributed by atoms with E-state index >= 15 is 0 Å². The molecule has 0 saturated carbocycles. The number of aromatic nitrogens is 1. The Morgan fingerprint density at radius 3 is 2.50 bits per heavy atom. The number of hydrogen-bond donors (Lipinski definition) is 1. The second-order valence-electron chi connectivity index (χ2n) is 4.32. The van der Waals surface area contributed by atoms with Crippen LogP contribution in [-0.2, 0) is 0 Å². The van der Waals surface area contributed by atoms with Gasteiger partial charge in [-0.1, -0.05) is 24.3 Å². The van der Waals surface area contributed by atoms with Crippen molar-refractivity contribution in [1.29, 1.82) is 0 Å². The Bertz CT molecular complexity index is 465. The fourth-order valence-electron chi connectivity index (χ4n) is 1.85. The summed E-state index contributed by atoms with van der Waals surface area (Å²) < 4.78 is 0. The molecule has 1 aromatic heterocycles. The molecule has 0 bridgehead atoms. The lowest BCUT2D eigenvalue weighted by molar-refractivity contribution is 0.810. The number of benzene rings is 1. The number of aryl methyl sites for hydroxylation is 1. The minimum atomic E-state index is 0.690. The molecule has 0 unspecified atom stereocenters. The van der Waals surface area contributed by atoms with Crippen molar-refractivity contribution in [2.45, 2.75) is 13.3 Å². The molecule has 0 atom stereocenters. The highest BCUT2D eigenvalue weighted by Gasteiger charge is 2.09. The topological polar surface area (TPSA) is 42.1 Å². The molecule has 0 aliphatic carbocycles. The fourth-order valence-corrected chi connectivity index (χ4v) is 1.85. The van der Waals surface area contributed by atoms with Crippen molar-refractivity contribution in [1.82, 2.24) is 4.98 Å². The molecule has 18 heavy (non-hydrogen) atoms. The number of pyridine rings is 1. The van der Waals surface area contributed by atoms with Gasteiger partial charge in [0.25, 0.3) is 0 Å². The number of nitrogens with two attached hydrogens (primary N) is 1. The summed E-state index contributed by atoms with van der Waals surface area (Å²) in [5.74, 6) is 0.972. The summed E-state index contributed by atoms with van der Waals surface area (Å²) in [6, 6.07) is 14.4. The maximum Gasteiger partial charge on any atom is 0.132 e. The molecule has 2 rings (SSSR count). The standard InChI is InChI=1S/C15H19N3/c1-13-8-9-15(17-12-13)18(11-5-10-16)14-6-3-2-4-7-14/h2-4,6-9,12H,5,10-11,16H2,1H3. The highest BCUT2D eigenvalue weighted by atomic mass is 15.2. The Kier molecular flexibility index (Phi) is 4.31. The maximum absolute atomic E-state index is 5.61. The molecule has 0 amide bonds. The van der Waals surface area contributed by atoms with Gasteiger partial charge in [-0.3, -0.25) is 0 Å². The summed E-state index contributed by atoms with van der Waals surface area (Å²) in [6.45, 7) is 3.62. The van der Waals surface area contributed by atoms with E-state index < -0.39 is 0 Å². The summed E-state index contributed by atoms with van der Waals surface area (Å²) >= 11 is 0. The lowest BCUT2D eigenvalue weighted by Crippen LogP contribution is -2.21. The molecule has 0 fully saturated rings. The van der Waals surface area contributed by atoms with Gasteiger partial charge in [-0.25, -0.2) is 4.98 Å². The third-order valence-corrected chi connectivity index (χ3v) is 2.83. The fraction of sp³-hybridized carbons (Fsp3) is 0.267. The molecule has 1 aromatic carbocycles. The van der Waals surface area contributed by atoms with Crippen LogP contribution < -0.4 is 10.6 Å². The van der Waals surface area contributed by atoms with Gasteiger partial charge in [0.1, 0.15) is 5.82 Å². The summed E-state index contributed by atoms with van der Waals surface area (Å²) in [4.78, 5) is 6.69. The average molecular weight is 241 g/mol. The first kappa shape index (κ1) is 12.6. The van der Waals surface area contributed by atoms with Crippen molar-refractivity contribution in [3.8, 4) is 0 Å². The van der Waals surface area contributed by atoms with Crippen LogP contribution in [0.15, 0.2) is 48.7 Å². The smallest absolute Gasteiger partial charge is 0.132 e.